The molecule has 19 heavy (non-hydrogen) atoms. The minimum Gasteiger partial charge on any atom is -0.342 e. The van der Waals surface area contributed by atoms with Crippen LogP contribution in [0.3, 0.4) is 0 Å². The molecule has 1 saturated carbocycles. The zero-order chi connectivity index (χ0) is 14.2. The number of likely N-dealkylation sites (N-methyl/N-ethyl adjacent to an activating group) is 1. The highest BCUT2D eigenvalue weighted by Gasteiger charge is 2.44. The summed E-state index contributed by atoms with van der Waals surface area (Å²) in [6.45, 7) is 4.92. The molecule has 0 radical (unpaired) electrons. The lowest BCUT2D eigenvalue weighted by molar-refractivity contribution is -0.160. The van der Waals surface area contributed by atoms with E-state index in [1.165, 1.54) is 0 Å². The lowest BCUT2D eigenvalue weighted by Gasteiger charge is -2.46. The molecule has 1 aliphatic heterocycles. The first kappa shape index (κ1) is 14.3. The molecule has 0 bridgehead atoms. The van der Waals surface area contributed by atoms with Crippen LogP contribution >= 0.6 is 0 Å². The van der Waals surface area contributed by atoms with E-state index in [9.17, 15) is 9.59 Å². The number of nitrogens with zero attached hydrogens (tertiary/aromatic N) is 2. The van der Waals surface area contributed by atoms with E-state index in [2.05, 4.69) is 0 Å². The van der Waals surface area contributed by atoms with E-state index in [0.29, 0.717) is 13.1 Å². The van der Waals surface area contributed by atoms with Gasteiger partial charge in [-0.1, -0.05) is 6.42 Å². The van der Waals surface area contributed by atoms with Gasteiger partial charge in [0.05, 0.1) is 0 Å². The molecule has 0 aromatic carbocycles. The Balaban J connectivity index is 2.12. The standard InChI is InChI=1S/C14H25N3O2/c1-14(2)13(19)16(3)7-8-17(14)12(18)10-5-4-6-11(15)9-10/h10-11H,4-9,15H2,1-3H3. The number of hydrogen-bond donors (Lipinski definition) is 1. The third-order valence-corrected chi connectivity index (χ3v) is 4.53. The maximum Gasteiger partial charge on any atom is 0.247 e. The minimum absolute atomic E-state index is 0.000712. The van der Waals surface area contributed by atoms with Crippen molar-refractivity contribution in [3.8, 4) is 0 Å². The van der Waals surface area contributed by atoms with Gasteiger partial charge in [-0.3, -0.25) is 9.59 Å². The SMILES string of the molecule is CN1CCN(C(=O)C2CCCC(N)C2)C(C)(C)C1=O. The van der Waals surface area contributed by atoms with Crippen molar-refractivity contribution in [3.63, 3.8) is 0 Å². The molecule has 2 aliphatic rings. The van der Waals surface area contributed by atoms with Crippen molar-refractivity contribution in [1.29, 1.82) is 0 Å². The first-order valence-electron chi connectivity index (χ1n) is 7.16. The summed E-state index contributed by atoms with van der Waals surface area (Å²) in [5.41, 5.74) is 5.23. The summed E-state index contributed by atoms with van der Waals surface area (Å²) in [6.07, 6.45) is 3.69. The second-order valence-electron chi connectivity index (χ2n) is 6.40. The molecule has 2 atom stereocenters. The topological polar surface area (TPSA) is 66.6 Å². The Labute approximate surface area is 115 Å². The molecule has 2 fully saturated rings. The van der Waals surface area contributed by atoms with Gasteiger partial charge in [0.15, 0.2) is 0 Å². The number of piperazine rings is 1. The third-order valence-electron chi connectivity index (χ3n) is 4.53. The van der Waals surface area contributed by atoms with Crippen molar-refractivity contribution in [2.45, 2.75) is 51.1 Å². The van der Waals surface area contributed by atoms with Gasteiger partial charge >= 0.3 is 0 Å². The normalized spacial score (nSPS) is 31.5. The molecule has 1 aliphatic carbocycles. The van der Waals surface area contributed by atoms with Crippen LogP contribution in [0.4, 0.5) is 0 Å². The predicted molar refractivity (Wildman–Crippen MR) is 73.4 cm³/mol. The largest absolute Gasteiger partial charge is 0.342 e. The van der Waals surface area contributed by atoms with Crippen LogP contribution in [0, 0.1) is 5.92 Å². The molecule has 5 nitrogen and oxygen atoms in total. The number of carbonyl (C=O) groups excluding carboxylic acids is 2. The molecule has 2 unspecified atom stereocenters. The van der Waals surface area contributed by atoms with Crippen LogP contribution in [-0.4, -0.2) is 53.3 Å². The van der Waals surface area contributed by atoms with Gasteiger partial charge in [0, 0.05) is 32.1 Å². The lowest BCUT2D eigenvalue weighted by Crippen LogP contribution is -2.64. The van der Waals surface area contributed by atoms with Gasteiger partial charge in [-0.05, 0) is 33.1 Å². The first-order valence-corrected chi connectivity index (χ1v) is 7.16. The van der Waals surface area contributed by atoms with Crippen LogP contribution in [-0.2, 0) is 9.59 Å². The number of amides is 2. The van der Waals surface area contributed by atoms with E-state index >= 15 is 0 Å². The molecule has 1 saturated heterocycles. The average Bonchev–Trinajstić information content (AvgIpc) is 2.35. The fourth-order valence-corrected chi connectivity index (χ4v) is 3.27. The highest BCUT2D eigenvalue weighted by atomic mass is 16.2. The molecule has 0 aromatic heterocycles. The van der Waals surface area contributed by atoms with E-state index in [0.717, 1.165) is 25.7 Å². The molecular formula is C14H25N3O2. The summed E-state index contributed by atoms with van der Waals surface area (Å²) in [4.78, 5) is 28.3. The Morgan fingerprint density at radius 1 is 1.32 bits per heavy atom. The maximum absolute atomic E-state index is 12.7. The van der Waals surface area contributed by atoms with E-state index in [1.807, 2.05) is 13.8 Å². The molecule has 108 valence electrons. The fourth-order valence-electron chi connectivity index (χ4n) is 3.27. The summed E-state index contributed by atoms with van der Waals surface area (Å²) in [5.74, 6) is 0.132. The van der Waals surface area contributed by atoms with Gasteiger partial charge < -0.3 is 15.5 Å². The van der Waals surface area contributed by atoms with Crippen LogP contribution < -0.4 is 5.73 Å². The first-order chi connectivity index (χ1) is 8.84. The number of hydrogen-bond acceptors (Lipinski definition) is 3. The monoisotopic (exact) mass is 267 g/mol. The highest BCUT2D eigenvalue weighted by Crippen LogP contribution is 2.29. The van der Waals surface area contributed by atoms with Gasteiger partial charge in [-0.2, -0.15) is 0 Å². The van der Waals surface area contributed by atoms with Crippen molar-refractivity contribution >= 4 is 11.8 Å². The summed E-state index contributed by atoms with van der Waals surface area (Å²) < 4.78 is 0. The van der Waals surface area contributed by atoms with Crippen molar-refractivity contribution in [3.05, 3.63) is 0 Å². The van der Waals surface area contributed by atoms with Gasteiger partial charge in [0.1, 0.15) is 5.54 Å². The maximum atomic E-state index is 12.7. The van der Waals surface area contributed by atoms with Crippen molar-refractivity contribution < 1.29 is 9.59 Å². The molecule has 2 rings (SSSR count). The summed E-state index contributed by atoms with van der Waals surface area (Å²) in [6, 6.07) is 0.133. The Morgan fingerprint density at radius 3 is 2.63 bits per heavy atom. The molecule has 1 heterocycles. The predicted octanol–water partition coefficient (Wildman–Crippen LogP) is 0.583. The average molecular weight is 267 g/mol. The van der Waals surface area contributed by atoms with Crippen LogP contribution in [0.25, 0.3) is 0 Å². The zero-order valence-corrected chi connectivity index (χ0v) is 12.2. The van der Waals surface area contributed by atoms with Crippen molar-refractivity contribution in [2.24, 2.45) is 11.7 Å². The van der Waals surface area contributed by atoms with E-state index in [4.69, 9.17) is 5.73 Å². The van der Waals surface area contributed by atoms with Gasteiger partial charge in [-0.15, -0.1) is 0 Å². The number of nitrogens with two attached hydrogens (primary N) is 1. The second-order valence-corrected chi connectivity index (χ2v) is 6.40. The third kappa shape index (κ3) is 2.61. The molecule has 2 amide bonds. The molecule has 5 heteroatoms. The van der Waals surface area contributed by atoms with Crippen LogP contribution in [0.15, 0.2) is 0 Å². The molecule has 0 aromatic rings. The Bertz CT molecular complexity index is 381. The molecular weight excluding hydrogens is 242 g/mol. The van der Waals surface area contributed by atoms with Gasteiger partial charge in [0.2, 0.25) is 11.8 Å². The van der Waals surface area contributed by atoms with Crippen molar-refractivity contribution in [2.75, 3.05) is 20.1 Å². The van der Waals surface area contributed by atoms with Crippen LogP contribution in [0.5, 0.6) is 0 Å². The van der Waals surface area contributed by atoms with Gasteiger partial charge in [-0.25, -0.2) is 0 Å². The van der Waals surface area contributed by atoms with Crippen molar-refractivity contribution in [1.82, 2.24) is 9.80 Å². The summed E-state index contributed by atoms with van der Waals surface area (Å²) in [5, 5.41) is 0. The Hall–Kier alpha value is -1.10. The number of rotatable bonds is 1. The smallest absolute Gasteiger partial charge is 0.247 e. The second kappa shape index (κ2) is 5.12. The number of carbonyl (C=O) groups is 2. The fraction of sp³-hybridized carbons (Fsp3) is 0.857. The van der Waals surface area contributed by atoms with Gasteiger partial charge in [0.25, 0.3) is 0 Å². The van der Waals surface area contributed by atoms with E-state index in [1.54, 1.807) is 16.8 Å². The highest BCUT2D eigenvalue weighted by molar-refractivity contribution is 5.92. The molecule has 0 spiro atoms. The lowest BCUT2D eigenvalue weighted by atomic mass is 9.84. The van der Waals surface area contributed by atoms with E-state index in [-0.39, 0.29) is 23.8 Å². The van der Waals surface area contributed by atoms with E-state index < -0.39 is 5.54 Å². The summed E-state index contributed by atoms with van der Waals surface area (Å²) in [7, 11) is 1.79. The Kier molecular flexibility index (Phi) is 3.85. The quantitative estimate of drug-likeness (QED) is 0.756. The van der Waals surface area contributed by atoms with Crippen LogP contribution in [0.2, 0.25) is 0 Å². The molecule has 2 N–H and O–H groups in total. The minimum atomic E-state index is -0.731. The van der Waals surface area contributed by atoms with Crippen LogP contribution in [0.1, 0.15) is 39.5 Å². The zero-order valence-electron chi connectivity index (χ0n) is 12.2. The summed E-state index contributed by atoms with van der Waals surface area (Å²) >= 11 is 0. The Morgan fingerprint density at radius 2 is 2.00 bits per heavy atom.